The van der Waals surface area contributed by atoms with E-state index in [0.717, 1.165) is 22.5 Å². The second kappa shape index (κ2) is 6.79. The molecule has 0 aliphatic carbocycles. The van der Waals surface area contributed by atoms with E-state index in [4.69, 9.17) is 0 Å². The van der Waals surface area contributed by atoms with E-state index in [0.29, 0.717) is 0 Å². The van der Waals surface area contributed by atoms with Gasteiger partial charge in [-0.25, -0.2) is 0 Å². The van der Waals surface area contributed by atoms with Crippen molar-refractivity contribution in [3.8, 4) is 0 Å². The standard InChI is InChI=1S/C18H23N/c1-7-9-16(10-13(3)4)18-12-15(8-2)17(19-18)11-14(5)6/h7-12,19H,1-2H2,3-6H3/b16-9+. The van der Waals surface area contributed by atoms with E-state index in [1.807, 2.05) is 18.2 Å². The lowest BCUT2D eigenvalue weighted by molar-refractivity contribution is 1.30. The van der Waals surface area contributed by atoms with Crippen molar-refractivity contribution in [2.75, 3.05) is 0 Å². The van der Waals surface area contributed by atoms with E-state index in [9.17, 15) is 0 Å². The quantitative estimate of drug-likeness (QED) is 0.656. The summed E-state index contributed by atoms with van der Waals surface area (Å²) in [6.45, 7) is 16.0. The van der Waals surface area contributed by atoms with Crippen molar-refractivity contribution in [3.05, 3.63) is 65.5 Å². The average molecular weight is 253 g/mol. The summed E-state index contributed by atoms with van der Waals surface area (Å²) in [5.41, 5.74) is 6.95. The van der Waals surface area contributed by atoms with Crippen LogP contribution >= 0.6 is 0 Å². The summed E-state index contributed by atoms with van der Waals surface area (Å²) < 4.78 is 0. The fraction of sp³-hybridized carbons (Fsp3) is 0.222. The lowest BCUT2D eigenvalue weighted by Gasteiger charge is -1.99. The summed E-state index contributed by atoms with van der Waals surface area (Å²) in [7, 11) is 0. The number of H-pyrrole nitrogens is 1. The lowest BCUT2D eigenvalue weighted by Crippen LogP contribution is -1.83. The summed E-state index contributed by atoms with van der Waals surface area (Å²) in [6, 6.07) is 2.12. The molecule has 1 rings (SSSR count). The Labute approximate surface area is 116 Å². The predicted molar refractivity (Wildman–Crippen MR) is 87.8 cm³/mol. The summed E-state index contributed by atoms with van der Waals surface area (Å²) in [5.74, 6) is 0. The van der Waals surface area contributed by atoms with Gasteiger partial charge in [0.1, 0.15) is 0 Å². The molecule has 1 heteroatoms. The molecule has 1 aromatic rings. The van der Waals surface area contributed by atoms with Crippen LogP contribution in [0.15, 0.2) is 48.6 Å². The van der Waals surface area contributed by atoms with Crippen molar-refractivity contribution in [3.63, 3.8) is 0 Å². The second-order valence-corrected chi connectivity index (χ2v) is 5.06. The first-order valence-electron chi connectivity index (χ1n) is 6.46. The molecule has 1 N–H and O–H groups in total. The van der Waals surface area contributed by atoms with Gasteiger partial charge >= 0.3 is 0 Å². The monoisotopic (exact) mass is 253 g/mol. The molecular formula is C18H23N. The summed E-state index contributed by atoms with van der Waals surface area (Å²) in [5, 5.41) is 0. The van der Waals surface area contributed by atoms with Gasteiger partial charge in [-0.1, -0.05) is 48.6 Å². The van der Waals surface area contributed by atoms with Crippen LogP contribution in [0.5, 0.6) is 0 Å². The van der Waals surface area contributed by atoms with Crippen LogP contribution in [-0.2, 0) is 0 Å². The minimum Gasteiger partial charge on any atom is -0.355 e. The minimum absolute atomic E-state index is 1.09. The molecule has 0 spiro atoms. The Balaban J connectivity index is 3.34. The Kier molecular flexibility index (Phi) is 5.37. The molecule has 0 aliphatic heterocycles. The first-order chi connectivity index (χ1) is 8.97. The molecule has 100 valence electrons. The molecule has 0 saturated carbocycles. The molecule has 0 aromatic carbocycles. The zero-order chi connectivity index (χ0) is 14.4. The van der Waals surface area contributed by atoms with Gasteiger partial charge < -0.3 is 4.98 Å². The van der Waals surface area contributed by atoms with Gasteiger partial charge in [-0.15, -0.1) is 0 Å². The number of hydrogen-bond donors (Lipinski definition) is 1. The van der Waals surface area contributed by atoms with Crippen molar-refractivity contribution in [2.24, 2.45) is 0 Å². The van der Waals surface area contributed by atoms with E-state index in [1.165, 1.54) is 11.1 Å². The third-order valence-electron chi connectivity index (χ3n) is 2.59. The molecule has 0 saturated heterocycles. The minimum atomic E-state index is 1.09. The molecule has 0 aliphatic rings. The largest absolute Gasteiger partial charge is 0.355 e. The van der Waals surface area contributed by atoms with Crippen molar-refractivity contribution < 1.29 is 0 Å². The van der Waals surface area contributed by atoms with E-state index in [-0.39, 0.29) is 0 Å². The molecule has 0 fully saturated rings. The molecule has 0 radical (unpaired) electrons. The van der Waals surface area contributed by atoms with Crippen LogP contribution in [0.4, 0.5) is 0 Å². The van der Waals surface area contributed by atoms with Gasteiger partial charge in [0.15, 0.2) is 0 Å². The fourth-order valence-corrected chi connectivity index (χ4v) is 1.87. The SMILES string of the molecule is C=C/C=C(\C=C(C)C)c1cc(C=C)c(C=C(C)C)[nH]1. The van der Waals surface area contributed by atoms with Gasteiger partial charge in [-0.05, 0) is 51.0 Å². The van der Waals surface area contributed by atoms with Crippen LogP contribution in [0.3, 0.4) is 0 Å². The maximum atomic E-state index is 3.87. The van der Waals surface area contributed by atoms with Gasteiger partial charge in [-0.3, -0.25) is 0 Å². The highest BCUT2D eigenvalue weighted by molar-refractivity contribution is 5.77. The van der Waals surface area contributed by atoms with Crippen LogP contribution in [-0.4, -0.2) is 4.98 Å². The fourth-order valence-electron chi connectivity index (χ4n) is 1.87. The molecule has 1 nitrogen and oxygen atoms in total. The van der Waals surface area contributed by atoms with E-state index >= 15 is 0 Å². The van der Waals surface area contributed by atoms with Crippen LogP contribution in [0.25, 0.3) is 17.7 Å². The molecule has 19 heavy (non-hydrogen) atoms. The zero-order valence-corrected chi connectivity index (χ0v) is 12.4. The van der Waals surface area contributed by atoms with Crippen LogP contribution in [0, 0.1) is 0 Å². The van der Waals surface area contributed by atoms with E-state index in [2.05, 4.69) is 64.1 Å². The average Bonchev–Trinajstić information content (AvgIpc) is 2.70. The third kappa shape index (κ3) is 4.29. The van der Waals surface area contributed by atoms with Crippen molar-refractivity contribution in [1.29, 1.82) is 0 Å². The lowest BCUT2D eigenvalue weighted by atomic mass is 10.1. The van der Waals surface area contributed by atoms with Crippen LogP contribution in [0.1, 0.15) is 44.6 Å². The number of hydrogen-bond acceptors (Lipinski definition) is 0. The molecule has 0 atom stereocenters. The van der Waals surface area contributed by atoms with Gasteiger partial charge in [0.05, 0.1) is 0 Å². The smallest absolute Gasteiger partial charge is 0.0464 e. The highest BCUT2D eigenvalue weighted by atomic mass is 14.7. The van der Waals surface area contributed by atoms with Gasteiger partial charge in [-0.2, -0.15) is 0 Å². The Morgan fingerprint density at radius 3 is 2.26 bits per heavy atom. The van der Waals surface area contributed by atoms with E-state index < -0.39 is 0 Å². The Morgan fingerprint density at radius 1 is 1.11 bits per heavy atom. The number of nitrogens with one attached hydrogen (secondary N) is 1. The van der Waals surface area contributed by atoms with Crippen molar-refractivity contribution >= 4 is 17.7 Å². The summed E-state index contributed by atoms with van der Waals surface area (Å²) in [4.78, 5) is 3.45. The zero-order valence-electron chi connectivity index (χ0n) is 12.4. The molecular weight excluding hydrogens is 230 g/mol. The number of aromatic amines is 1. The predicted octanol–water partition coefficient (Wildman–Crippen LogP) is 5.62. The van der Waals surface area contributed by atoms with Crippen molar-refractivity contribution in [2.45, 2.75) is 27.7 Å². The third-order valence-corrected chi connectivity index (χ3v) is 2.59. The second-order valence-electron chi connectivity index (χ2n) is 5.06. The summed E-state index contributed by atoms with van der Waals surface area (Å²) in [6.07, 6.45) is 9.98. The first kappa shape index (κ1) is 15.0. The molecule has 0 bridgehead atoms. The van der Waals surface area contributed by atoms with Gasteiger partial charge in [0, 0.05) is 11.4 Å². The Bertz CT molecular complexity index is 555. The maximum absolute atomic E-state index is 3.87. The number of rotatable bonds is 5. The molecule has 1 aromatic heterocycles. The van der Waals surface area contributed by atoms with Crippen LogP contribution in [0.2, 0.25) is 0 Å². The molecule has 0 unspecified atom stereocenters. The maximum Gasteiger partial charge on any atom is 0.0464 e. The Morgan fingerprint density at radius 2 is 1.79 bits per heavy atom. The Hall–Kier alpha value is -2.02. The highest BCUT2D eigenvalue weighted by Gasteiger charge is 2.06. The van der Waals surface area contributed by atoms with Gasteiger partial charge in [0.25, 0.3) is 0 Å². The van der Waals surface area contributed by atoms with Crippen molar-refractivity contribution in [1.82, 2.24) is 4.98 Å². The van der Waals surface area contributed by atoms with Gasteiger partial charge in [0.2, 0.25) is 0 Å². The van der Waals surface area contributed by atoms with E-state index in [1.54, 1.807) is 0 Å². The molecule has 1 heterocycles. The number of aromatic nitrogens is 1. The first-order valence-corrected chi connectivity index (χ1v) is 6.46. The molecule has 0 amide bonds. The topological polar surface area (TPSA) is 15.8 Å². The highest BCUT2D eigenvalue weighted by Crippen LogP contribution is 2.23. The normalized spacial score (nSPS) is 10.8. The van der Waals surface area contributed by atoms with Crippen LogP contribution < -0.4 is 0 Å². The number of allylic oxidation sites excluding steroid dienone is 6. The summed E-state index contributed by atoms with van der Waals surface area (Å²) >= 11 is 0.